The number of alkyl carbamates (subject to hydrolysis) is 1. The number of ether oxygens (including phenoxy) is 1. The third-order valence-electron chi connectivity index (χ3n) is 2.12. The summed E-state index contributed by atoms with van der Waals surface area (Å²) in [5.74, 6) is 0.438. The van der Waals surface area contributed by atoms with Crippen molar-refractivity contribution in [2.75, 3.05) is 6.61 Å². The van der Waals surface area contributed by atoms with Gasteiger partial charge in [-0.15, -0.1) is 0 Å². The number of carbonyl (C=O) groups excluding carboxylic acids is 1. The molecule has 1 aliphatic rings. The molecule has 0 aromatic heterocycles. The first-order valence-corrected chi connectivity index (χ1v) is 5.03. The Balaban J connectivity index is 2.17. The number of rotatable bonds is 3. The SMILES string of the molecule is CC(C)(C)OC(=O)N[C@H]1C[C@H]1CCO. The third kappa shape index (κ3) is 3.96. The standard InChI is InChI=1S/C10H19NO3/c1-10(2,3)14-9(13)11-8-6-7(8)4-5-12/h7-8,12H,4-6H2,1-3H3,(H,11,13)/t7-,8+/m1/s1. The minimum atomic E-state index is -0.439. The Morgan fingerprint density at radius 2 is 2.21 bits per heavy atom. The molecule has 1 amide bonds. The van der Waals surface area contributed by atoms with Crippen LogP contribution in [0, 0.1) is 5.92 Å². The topological polar surface area (TPSA) is 58.6 Å². The monoisotopic (exact) mass is 201 g/mol. The van der Waals surface area contributed by atoms with Crippen molar-refractivity contribution in [3.8, 4) is 0 Å². The highest BCUT2D eigenvalue weighted by Crippen LogP contribution is 2.33. The van der Waals surface area contributed by atoms with E-state index in [0.29, 0.717) is 5.92 Å². The lowest BCUT2D eigenvalue weighted by atomic mass is 10.2. The summed E-state index contributed by atoms with van der Waals surface area (Å²) in [5, 5.41) is 11.4. The smallest absolute Gasteiger partial charge is 0.407 e. The molecule has 1 fully saturated rings. The highest BCUT2D eigenvalue weighted by atomic mass is 16.6. The van der Waals surface area contributed by atoms with E-state index < -0.39 is 5.60 Å². The number of hydrogen-bond donors (Lipinski definition) is 2. The van der Waals surface area contributed by atoms with Crippen LogP contribution < -0.4 is 5.32 Å². The largest absolute Gasteiger partial charge is 0.444 e. The number of aliphatic hydroxyl groups is 1. The lowest BCUT2D eigenvalue weighted by Crippen LogP contribution is -2.34. The number of aliphatic hydroxyl groups excluding tert-OH is 1. The van der Waals surface area contributed by atoms with E-state index in [0.717, 1.165) is 12.8 Å². The molecule has 4 heteroatoms. The van der Waals surface area contributed by atoms with E-state index in [-0.39, 0.29) is 18.7 Å². The molecule has 0 aromatic rings. The summed E-state index contributed by atoms with van der Waals surface area (Å²) in [7, 11) is 0. The average Bonchev–Trinajstić information content (AvgIpc) is 2.63. The van der Waals surface area contributed by atoms with Crippen LogP contribution in [0.15, 0.2) is 0 Å². The lowest BCUT2D eigenvalue weighted by molar-refractivity contribution is 0.0520. The molecule has 0 aromatic carbocycles. The molecule has 0 unspecified atom stereocenters. The average molecular weight is 201 g/mol. The molecule has 1 aliphatic carbocycles. The summed E-state index contributed by atoms with van der Waals surface area (Å²) in [4.78, 5) is 11.3. The highest BCUT2D eigenvalue weighted by Gasteiger charge is 2.38. The molecule has 1 saturated carbocycles. The van der Waals surface area contributed by atoms with E-state index in [9.17, 15) is 4.79 Å². The molecule has 82 valence electrons. The van der Waals surface area contributed by atoms with Gasteiger partial charge in [0.25, 0.3) is 0 Å². The van der Waals surface area contributed by atoms with E-state index in [1.54, 1.807) is 0 Å². The van der Waals surface area contributed by atoms with Gasteiger partial charge in [0.2, 0.25) is 0 Å². The van der Waals surface area contributed by atoms with E-state index in [4.69, 9.17) is 9.84 Å². The van der Waals surface area contributed by atoms with Crippen LogP contribution in [-0.4, -0.2) is 29.4 Å². The van der Waals surface area contributed by atoms with Crippen LogP contribution >= 0.6 is 0 Å². The van der Waals surface area contributed by atoms with E-state index in [2.05, 4.69) is 5.32 Å². The molecule has 14 heavy (non-hydrogen) atoms. The first-order chi connectivity index (χ1) is 6.42. The normalized spacial score (nSPS) is 25.7. The summed E-state index contributed by atoms with van der Waals surface area (Å²) < 4.78 is 5.10. The maximum Gasteiger partial charge on any atom is 0.407 e. The molecule has 2 atom stereocenters. The van der Waals surface area contributed by atoms with Gasteiger partial charge in [0, 0.05) is 12.6 Å². The Morgan fingerprint density at radius 3 is 2.71 bits per heavy atom. The van der Waals surface area contributed by atoms with Gasteiger partial charge in [-0.05, 0) is 39.5 Å². The Morgan fingerprint density at radius 1 is 1.57 bits per heavy atom. The Labute approximate surface area is 84.6 Å². The first-order valence-electron chi connectivity index (χ1n) is 5.03. The van der Waals surface area contributed by atoms with Crippen molar-refractivity contribution in [1.82, 2.24) is 5.32 Å². The molecule has 4 nitrogen and oxygen atoms in total. The fourth-order valence-electron chi connectivity index (χ4n) is 1.37. The van der Waals surface area contributed by atoms with Gasteiger partial charge in [-0.25, -0.2) is 4.79 Å². The second-order valence-electron chi connectivity index (χ2n) is 4.76. The van der Waals surface area contributed by atoms with Crippen LogP contribution in [0.5, 0.6) is 0 Å². The van der Waals surface area contributed by atoms with Gasteiger partial charge >= 0.3 is 6.09 Å². The number of nitrogens with one attached hydrogen (secondary N) is 1. The molecule has 0 heterocycles. The van der Waals surface area contributed by atoms with Crippen LogP contribution in [0.25, 0.3) is 0 Å². The van der Waals surface area contributed by atoms with Crippen molar-refractivity contribution >= 4 is 6.09 Å². The summed E-state index contributed by atoms with van der Waals surface area (Å²) >= 11 is 0. The zero-order valence-corrected chi connectivity index (χ0v) is 9.04. The maximum absolute atomic E-state index is 11.3. The van der Waals surface area contributed by atoms with Crippen LogP contribution in [0.2, 0.25) is 0 Å². The van der Waals surface area contributed by atoms with Crippen molar-refractivity contribution < 1.29 is 14.6 Å². The Hall–Kier alpha value is -0.770. The zero-order valence-electron chi connectivity index (χ0n) is 9.04. The molecule has 0 spiro atoms. The fourth-order valence-corrected chi connectivity index (χ4v) is 1.37. The Bertz CT molecular complexity index is 210. The first kappa shape index (κ1) is 11.3. The second-order valence-corrected chi connectivity index (χ2v) is 4.76. The molecule has 2 N–H and O–H groups in total. The zero-order chi connectivity index (χ0) is 10.8. The van der Waals surface area contributed by atoms with Gasteiger partial charge in [-0.2, -0.15) is 0 Å². The van der Waals surface area contributed by atoms with Gasteiger partial charge < -0.3 is 15.2 Å². The van der Waals surface area contributed by atoms with Gasteiger partial charge in [-0.1, -0.05) is 0 Å². The number of carbonyl (C=O) groups is 1. The third-order valence-corrected chi connectivity index (χ3v) is 2.12. The predicted octanol–water partition coefficient (Wildman–Crippen LogP) is 1.28. The van der Waals surface area contributed by atoms with Crippen molar-refractivity contribution in [2.45, 2.75) is 45.3 Å². The molecular weight excluding hydrogens is 182 g/mol. The predicted molar refractivity (Wildman–Crippen MR) is 53.0 cm³/mol. The fraction of sp³-hybridized carbons (Fsp3) is 0.900. The molecular formula is C10H19NO3. The van der Waals surface area contributed by atoms with E-state index >= 15 is 0 Å². The molecule has 0 saturated heterocycles. The molecule has 1 rings (SSSR count). The van der Waals surface area contributed by atoms with Crippen LogP contribution in [0.4, 0.5) is 4.79 Å². The van der Waals surface area contributed by atoms with Crippen molar-refractivity contribution in [2.24, 2.45) is 5.92 Å². The van der Waals surface area contributed by atoms with Crippen LogP contribution in [0.3, 0.4) is 0 Å². The van der Waals surface area contributed by atoms with Crippen LogP contribution in [-0.2, 0) is 4.74 Å². The minimum Gasteiger partial charge on any atom is -0.444 e. The lowest BCUT2D eigenvalue weighted by Gasteiger charge is -2.19. The second kappa shape index (κ2) is 4.17. The summed E-state index contributed by atoms with van der Waals surface area (Å²) in [6, 6.07) is 0.206. The summed E-state index contributed by atoms with van der Waals surface area (Å²) in [6.07, 6.45) is 1.36. The van der Waals surface area contributed by atoms with Crippen LogP contribution in [0.1, 0.15) is 33.6 Å². The molecule has 0 radical (unpaired) electrons. The van der Waals surface area contributed by atoms with E-state index in [1.807, 2.05) is 20.8 Å². The van der Waals surface area contributed by atoms with E-state index in [1.165, 1.54) is 0 Å². The van der Waals surface area contributed by atoms with Crippen molar-refractivity contribution in [3.05, 3.63) is 0 Å². The van der Waals surface area contributed by atoms with Crippen molar-refractivity contribution in [3.63, 3.8) is 0 Å². The minimum absolute atomic E-state index is 0.192. The molecule has 0 aliphatic heterocycles. The van der Waals surface area contributed by atoms with Gasteiger partial charge in [0.1, 0.15) is 5.60 Å². The maximum atomic E-state index is 11.3. The van der Waals surface area contributed by atoms with Gasteiger partial charge in [0.05, 0.1) is 0 Å². The summed E-state index contributed by atoms with van der Waals surface area (Å²) in [6.45, 7) is 5.71. The molecule has 0 bridgehead atoms. The van der Waals surface area contributed by atoms with Crippen molar-refractivity contribution in [1.29, 1.82) is 0 Å². The quantitative estimate of drug-likeness (QED) is 0.723. The number of hydrogen-bond acceptors (Lipinski definition) is 3. The number of amides is 1. The van der Waals surface area contributed by atoms with Gasteiger partial charge in [0.15, 0.2) is 0 Å². The Kier molecular flexibility index (Phi) is 3.37. The highest BCUT2D eigenvalue weighted by molar-refractivity contribution is 5.68. The van der Waals surface area contributed by atoms with Gasteiger partial charge in [-0.3, -0.25) is 0 Å². The summed E-state index contributed by atoms with van der Waals surface area (Å²) in [5.41, 5.74) is -0.439.